The van der Waals surface area contributed by atoms with E-state index in [9.17, 15) is 9.59 Å². The lowest BCUT2D eigenvalue weighted by Gasteiger charge is -2.35. The SMILES string of the molecule is CC(C)CC(C(=O)NC(C)c1ccccc1)N1C(=O)c2ccccc2C1c1c(-c2ccccc2)n(C)c2ccccc12. The van der Waals surface area contributed by atoms with Crippen LogP contribution < -0.4 is 5.32 Å². The molecular formula is C37H37N3O2. The van der Waals surface area contributed by atoms with Gasteiger partial charge in [0.2, 0.25) is 5.91 Å². The highest BCUT2D eigenvalue weighted by Crippen LogP contribution is 2.47. The highest BCUT2D eigenvalue weighted by Gasteiger charge is 2.46. The van der Waals surface area contributed by atoms with E-state index in [-0.39, 0.29) is 23.8 Å². The van der Waals surface area contributed by atoms with Crippen LogP contribution in [-0.4, -0.2) is 27.3 Å². The first kappa shape index (κ1) is 27.5. The van der Waals surface area contributed by atoms with Gasteiger partial charge < -0.3 is 14.8 Å². The summed E-state index contributed by atoms with van der Waals surface area (Å²) in [5, 5.41) is 4.33. The number of hydrogen-bond donors (Lipinski definition) is 1. The van der Waals surface area contributed by atoms with Gasteiger partial charge in [0.05, 0.1) is 17.8 Å². The van der Waals surface area contributed by atoms with Gasteiger partial charge in [-0.3, -0.25) is 9.59 Å². The van der Waals surface area contributed by atoms with Crippen LogP contribution in [0, 0.1) is 5.92 Å². The second kappa shape index (κ2) is 11.3. The summed E-state index contributed by atoms with van der Waals surface area (Å²) in [6, 6.07) is 35.2. The molecule has 3 unspecified atom stereocenters. The Hall–Kier alpha value is -4.64. The lowest BCUT2D eigenvalue weighted by Crippen LogP contribution is -2.50. The summed E-state index contributed by atoms with van der Waals surface area (Å²) in [5.41, 5.74) is 6.90. The lowest BCUT2D eigenvalue weighted by atomic mass is 9.91. The van der Waals surface area contributed by atoms with Gasteiger partial charge in [0.25, 0.3) is 5.91 Å². The third kappa shape index (κ3) is 4.79. The van der Waals surface area contributed by atoms with Crippen molar-refractivity contribution in [1.29, 1.82) is 0 Å². The third-order valence-corrected chi connectivity index (χ3v) is 8.46. The fourth-order valence-electron chi connectivity index (χ4n) is 6.53. The van der Waals surface area contributed by atoms with Crippen LogP contribution in [0.25, 0.3) is 22.2 Å². The summed E-state index contributed by atoms with van der Waals surface area (Å²) < 4.78 is 2.22. The van der Waals surface area contributed by atoms with Crippen LogP contribution in [0.5, 0.6) is 0 Å². The predicted octanol–water partition coefficient (Wildman–Crippen LogP) is 7.68. The maximum Gasteiger partial charge on any atom is 0.255 e. The molecule has 0 aliphatic carbocycles. The van der Waals surface area contributed by atoms with Crippen molar-refractivity contribution >= 4 is 22.7 Å². The van der Waals surface area contributed by atoms with Crippen LogP contribution in [0.2, 0.25) is 0 Å². The second-order valence-corrected chi connectivity index (χ2v) is 11.7. The van der Waals surface area contributed by atoms with Crippen molar-refractivity contribution in [3.05, 3.63) is 131 Å². The topological polar surface area (TPSA) is 54.3 Å². The van der Waals surface area contributed by atoms with Gasteiger partial charge in [-0.05, 0) is 48.1 Å². The van der Waals surface area contributed by atoms with Crippen molar-refractivity contribution in [3.8, 4) is 11.3 Å². The van der Waals surface area contributed by atoms with Gasteiger partial charge >= 0.3 is 0 Å². The van der Waals surface area contributed by atoms with Crippen molar-refractivity contribution < 1.29 is 9.59 Å². The molecule has 0 spiro atoms. The second-order valence-electron chi connectivity index (χ2n) is 11.7. The molecule has 2 heterocycles. The summed E-state index contributed by atoms with van der Waals surface area (Å²) in [7, 11) is 2.08. The molecule has 1 N–H and O–H groups in total. The summed E-state index contributed by atoms with van der Waals surface area (Å²) in [6.45, 7) is 6.21. The van der Waals surface area contributed by atoms with Crippen LogP contribution in [0.4, 0.5) is 0 Å². The van der Waals surface area contributed by atoms with Crippen molar-refractivity contribution in [3.63, 3.8) is 0 Å². The molecule has 6 rings (SSSR count). The number of hydrogen-bond acceptors (Lipinski definition) is 2. The summed E-state index contributed by atoms with van der Waals surface area (Å²) >= 11 is 0. The van der Waals surface area contributed by atoms with E-state index in [1.54, 1.807) is 0 Å². The van der Waals surface area contributed by atoms with Gasteiger partial charge in [0, 0.05) is 29.1 Å². The van der Waals surface area contributed by atoms with Crippen LogP contribution in [0.1, 0.15) is 66.3 Å². The number of aromatic nitrogens is 1. The lowest BCUT2D eigenvalue weighted by molar-refractivity contribution is -0.127. The minimum atomic E-state index is -0.649. The Morgan fingerprint density at radius 2 is 1.43 bits per heavy atom. The smallest absolute Gasteiger partial charge is 0.255 e. The predicted molar refractivity (Wildman–Crippen MR) is 169 cm³/mol. The van der Waals surface area contributed by atoms with Gasteiger partial charge in [-0.25, -0.2) is 0 Å². The van der Waals surface area contributed by atoms with Crippen molar-refractivity contribution in [2.45, 2.75) is 45.3 Å². The number of carbonyl (C=O) groups excluding carboxylic acids is 2. The van der Waals surface area contributed by atoms with Gasteiger partial charge in [-0.15, -0.1) is 0 Å². The van der Waals surface area contributed by atoms with Crippen molar-refractivity contribution in [1.82, 2.24) is 14.8 Å². The molecule has 0 radical (unpaired) electrons. The van der Waals surface area contributed by atoms with E-state index < -0.39 is 12.1 Å². The highest BCUT2D eigenvalue weighted by molar-refractivity contribution is 6.04. The zero-order valence-corrected chi connectivity index (χ0v) is 24.6. The average Bonchev–Trinajstić information content (AvgIpc) is 3.47. The largest absolute Gasteiger partial charge is 0.348 e. The standard InChI is InChI=1S/C37H37N3O2/c1-24(2)23-32(36(41)38-25(3)26-15-7-5-8-16-26)40-35(28-19-11-12-20-29(28)37(40)42)33-30-21-13-14-22-31(30)39(4)34(33)27-17-9-6-10-18-27/h5-22,24-25,32,35H,23H2,1-4H3,(H,38,41). The Morgan fingerprint density at radius 1 is 0.810 bits per heavy atom. The maximum atomic E-state index is 14.4. The number of nitrogens with one attached hydrogen (secondary N) is 1. The highest BCUT2D eigenvalue weighted by atomic mass is 16.2. The molecule has 1 aliphatic rings. The van der Waals surface area contributed by atoms with Crippen LogP contribution in [-0.2, 0) is 11.8 Å². The van der Waals surface area contributed by atoms with Crippen LogP contribution in [0.3, 0.4) is 0 Å². The Kier molecular flexibility index (Phi) is 7.42. The van der Waals surface area contributed by atoms with E-state index >= 15 is 0 Å². The normalized spacial score (nSPS) is 16.1. The number of nitrogens with zero attached hydrogens (tertiary/aromatic N) is 2. The number of benzene rings is 4. The minimum absolute atomic E-state index is 0.101. The molecule has 5 heteroatoms. The number of carbonyl (C=O) groups is 2. The Balaban J connectivity index is 1.54. The van der Waals surface area contributed by atoms with Crippen LogP contribution in [0.15, 0.2) is 109 Å². The first-order chi connectivity index (χ1) is 20.4. The zero-order valence-electron chi connectivity index (χ0n) is 24.6. The molecule has 5 nitrogen and oxygen atoms in total. The van der Waals surface area contributed by atoms with E-state index in [1.807, 2.05) is 96.8 Å². The molecule has 42 heavy (non-hydrogen) atoms. The molecule has 2 amide bonds. The van der Waals surface area contributed by atoms with Crippen LogP contribution >= 0.6 is 0 Å². The molecule has 1 aliphatic heterocycles. The summed E-state index contributed by atoms with van der Waals surface area (Å²) in [6.07, 6.45) is 0.551. The van der Waals surface area contributed by atoms with Gasteiger partial charge in [0.15, 0.2) is 0 Å². The third-order valence-electron chi connectivity index (χ3n) is 8.46. The van der Waals surface area contributed by atoms with Crippen molar-refractivity contribution in [2.75, 3.05) is 0 Å². The van der Waals surface area contributed by atoms with Crippen molar-refractivity contribution in [2.24, 2.45) is 13.0 Å². The molecule has 0 saturated carbocycles. The number of amides is 2. The molecular weight excluding hydrogens is 518 g/mol. The molecule has 5 aromatic rings. The Morgan fingerprint density at radius 3 is 2.14 bits per heavy atom. The van der Waals surface area contributed by atoms with Gasteiger partial charge in [-0.2, -0.15) is 0 Å². The fourth-order valence-corrected chi connectivity index (χ4v) is 6.53. The minimum Gasteiger partial charge on any atom is -0.348 e. The quantitative estimate of drug-likeness (QED) is 0.213. The molecule has 0 fully saturated rings. The first-order valence-electron chi connectivity index (χ1n) is 14.8. The molecule has 1 aromatic heterocycles. The number of para-hydroxylation sites is 1. The number of rotatable bonds is 8. The van der Waals surface area contributed by atoms with Gasteiger partial charge in [0.1, 0.15) is 6.04 Å². The van der Waals surface area contributed by atoms with E-state index in [0.717, 1.165) is 38.9 Å². The Labute approximate surface area is 247 Å². The number of aryl methyl sites for hydroxylation is 1. The molecule has 0 saturated heterocycles. The monoisotopic (exact) mass is 555 g/mol. The molecule has 0 bridgehead atoms. The zero-order chi connectivity index (χ0) is 29.4. The maximum absolute atomic E-state index is 14.4. The summed E-state index contributed by atoms with van der Waals surface area (Å²) in [4.78, 5) is 30.5. The molecule has 212 valence electrons. The van der Waals surface area contributed by atoms with E-state index in [2.05, 4.69) is 55.0 Å². The van der Waals surface area contributed by atoms with E-state index in [1.165, 1.54) is 0 Å². The first-order valence-corrected chi connectivity index (χ1v) is 14.8. The molecule has 4 aromatic carbocycles. The average molecular weight is 556 g/mol. The summed E-state index contributed by atoms with van der Waals surface area (Å²) in [5.74, 6) is -0.0329. The van der Waals surface area contributed by atoms with Gasteiger partial charge in [-0.1, -0.05) is 111 Å². The molecule has 3 atom stereocenters. The van der Waals surface area contributed by atoms with E-state index in [4.69, 9.17) is 0 Å². The Bertz CT molecular complexity index is 1740. The fraction of sp³-hybridized carbons (Fsp3) is 0.243. The van der Waals surface area contributed by atoms with E-state index in [0.29, 0.717) is 12.0 Å². The number of fused-ring (bicyclic) bond motifs is 2.